The fourth-order valence-electron chi connectivity index (χ4n) is 3.25. The molecule has 2 rings (SSSR count). The maximum Gasteiger partial charge on any atom is 0.470 e. The minimum Gasteiger partial charge on any atom is -0.477 e. The fraction of sp³-hybridized carbons (Fsp3) is 0.929. The maximum atomic E-state index is 11.8. The Kier molecular flexibility index (Phi) is 8.51. The van der Waals surface area contributed by atoms with Crippen LogP contribution in [-0.4, -0.2) is 126 Å². The summed E-state index contributed by atoms with van der Waals surface area (Å²) in [6, 6.07) is -1.53. The summed E-state index contributed by atoms with van der Waals surface area (Å²) in [4.78, 5) is 29.9. The van der Waals surface area contributed by atoms with Crippen molar-refractivity contribution in [3.8, 4) is 0 Å². The first-order chi connectivity index (χ1) is 14.2. The van der Waals surface area contributed by atoms with Gasteiger partial charge in [-0.15, -0.1) is 0 Å². The molecular formula is C14H26NO15P. The van der Waals surface area contributed by atoms with Crippen LogP contribution in [0.2, 0.25) is 0 Å². The lowest BCUT2D eigenvalue weighted by molar-refractivity contribution is -0.336. The van der Waals surface area contributed by atoms with Gasteiger partial charge in [-0.2, -0.15) is 0 Å². The molecule has 10 atom stereocenters. The number of phosphoric acid groups is 1. The zero-order valence-corrected chi connectivity index (χ0v) is 16.7. The Labute approximate surface area is 174 Å². The van der Waals surface area contributed by atoms with Crippen LogP contribution < -0.4 is 5.73 Å². The van der Waals surface area contributed by atoms with Gasteiger partial charge >= 0.3 is 13.8 Å². The SMILES string of the molecule is N[C@@H]1[C@@H](O)[C@H](OP(=O)(O)O)[C@@H](CO[C@]2(C(=O)O)C[C@@H](O)[C@@H](O)[C@@H]([C@H](O)CO)O2)O[C@H]1O. The van der Waals surface area contributed by atoms with Crippen LogP contribution in [0.25, 0.3) is 0 Å². The molecule has 31 heavy (non-hydrogen) atoms. The van der Waals surface area contributed by atoms with Crippen molar-refractivity contribution in [2.75, 3.05) is 13.2 Å². The molecule has 0 amide bonds. The summed E-state index contributed by atoms with van der Waals surface area (Å²) in [7, 11) is -5.21. The lowest BCUT2D eigenvalue weighted by atomic mass is 9.92. The van der Waals surface area contributed by atoms with Gasteiger partial charge in [0.15, 0.2) is 6.29 Å². The highest BCUT2D eigenvalue weighted by atomic mass is 31.2. The zero-order chi connectivity index (χ0) is 23.7. The number of carboxylic acids is 1. The Bertz CT molecular complexity index is 676. The summed E-state index contributed by atoms with van der Waals surface area (Å²) in [5.74, 6) is -4.54. The minimum absolute atomic E-state index is 0.862. The second-order valence-corrected chi connectivity index (χ2v) is 8.35. The number of carboxylic acid groups (broad SMARTS) is 1. The monoisotopic (exact) mass is 479 g/mol. The summed E-state index contributed by atoms with van der Waals surface area (Å²) in [5, 5.41) is 68.3. The Balaban J connectivity index is 2.26. The van der Waals surface area contributed by atoms with Crippen LogP contribution in [-0.2, 0) is 28.1 Å². The predicted octanol–water partition coefficient (Wildman–Crippen LogP) is -5.47. The lowest BCUT2D eigenvalue weighted by Crippen LogP contribution is -2.65. The molecule has 2 heterocycles. The third kappa shape index (κ3) is 5.95. The van der Waals surface area contributed by atoms with Crippen molar-refractivity contribution in [3.05, 3.63) is 0 Å². The number of hydrogen-bond acceptors (Lipinski definition) is 13. The van der Waals surface area contributed by atoms with Crippen molar-refractivity contribution in [3.63, 3.8) is 0 Å². The van der Waals surface area contributed by atoms with Crippen molar-refractivity contribution >= 4 is 13.8 Å². The van der Waals surface area contributed by atoms with Crippen LogP contribution in [0.15, 0.2) is 0 Å². The highest BCUT2D eigenvalue weighted by Crippen LogP contribution is 2.41. The van der Waals surface area contributed by atoms with Crippen LogP contribution in [0.4, 0.5) is 0 Å². The van der Waals surface area contributed by atoms with E-state index in [-0.39, 0.29) is 0 Å². The minimum atomic E-state index is -5.21. The van der Waals surface area contributed by atoms with Crippen molar-refractivity contribution < 1.29 is 73.6 Å². The molecule has 0 unspecified atom stereocenters. The van der Waals surface area contributed by atoms with E-state index in [0.717, 1.165) is 0 Å². The first kappa shape index (κ1) is 26.4. The predicted molar refractivity (Wildman–Crippen MR) is 92.7 cm³/mol. The molecule has 0 aromatic rings. The van der Waals surface area contributed by atoms with Crippen molar-refractivity contribution in [1.29, 1.82) is 0 Å². The summed E-state index contributed by atoms with van der Waals surface area (Å²) in [6.45, 7) is -1.88. The quantitative estimate of drug-likeness (QED) is 0.145. The Hall–Kier alpha value is -0.820. The molecule has 0 radical (unpaired) electrons. The van der Waals surface area contributed by atoms with E-state index in [9.17, 15) is 40.0 Å². The normalized spacial score (nSPS) is 42.9. The van der Waals surface area contributed by atoms with Crippen LogP contribution in [0.3, 0.4) is 0 Å². The largest absolute Gasteiger partial charge is 0.477 e. The molecule has 0 bridgehead atoms. The van der Waals surface area contributed by atoms with Gasteiger partial charge in [-0.1, -0.05) is 0 Å². The van der Waals surface area contributed by atoms with Gasteiger partial charge < -0.3 is 65.5 Å². The van der Waals surface area contributed by atoms with Gasteiger partial charge in [0.1, 0.15) is 36.6 Å². The molecule has 0 aromatic carbocycles. The van der Waals surface area contributed by atoms with Gasteiger partial charge in [-0.25, -0.2) is 9.36 Å². The van der Waals surface area contributed by atoms with Crippen LogP contribution in [0.5, 0.6) is 0 Å². The molecule has 0 spiro atoms. The number of rotatable bonds is 8. The Morgan fingerprint density at radius 1 is 1.23 bits per heavy atom. The number of aliphatic hydroxyl groups excluding tert-OH is 6. The number of aliphatic hydroxyl groups is 6. The highest BCUT2D eigenvalue weighted by molar-refractivity contribution is 7.46. The average Bonchev–Trinajstić information content (AvgIpc) is 2.68. The third-order valence-electron chi connectivity index (χ3n) is 4.91. The third-order valence-corrected chi connectivity index (χ3v) is 5.43. The average molecular weight is 479 g/mol. The molecule has 0 aromatic heterocycles. The number of ether oxygens (including phenoxy) is 3. The van der Waals surface area contributed by atoms with Crippen molar-refractivity contribution in [2.24, 2.45) is 5.73 Å². The van der Waals surface area contributed by atoms with E-state index in [0.29, 0.717) is 0 Å². The van der Waals surface area contributed by atoms with E-state index in [2.05, 4.69) is 4.52 Å². The standard InChI is InChI=1S/C14H26NO15P/c15-7-9(20)11(30-31(24,25)26)6(28-12(7)21)3-27-14(13(22)23)1-4(17)8(19)10(29-14)5(18)2-16/h4-12,16-21H,1-3,15H2,(H,22,23)(H2,24,25,26)/t4-,5-,6-,7-,8-,9-,10-,11-,12-,14-/m1/s1. The van der Waals surface area contributed by atoms with Crippen molar-refractivity contribution in [1.82, 2.24) is 0 Å². The molecular weight excluding hydrogens is 453 g/mol. The fourth-order valence-corrected chi connectivity index (χ4v) is 3.83. The van der Waals surface area contributed by atoms with E-state index in [1.165, 1.54) is 0 Å². The van der Waals surface area contributed by atoms with Gasteiger partial charge in [0.05, 0.1) is 25.4 Å². The van der Waals surface area contributed by atoms with Crippen LogP contribution >= 0.6 is 7.82 Å². The number of aliphatic carboxylic acids is 1. The molecule has 2 saturated heterocycles. The topological polar surface area (TPSA) is 279 Å². The molecule has 0 aliphatic carbocycles. The number of hydrogen-bond donors (Lipinski definition) is 10. The van der Waals surface area contributed by atoms with E-state index in [1.54, 1.807) is 0 Å². The first-order valence-corrected chi connectivity index (χ1v) is 10.5. The van der Waals surface area contributed by atoms with E-state index < -0.39 is 94.3 Å². The number of phosphoric ester groups is 1. The molecule has 0 saturated carbocycles. The Morgan fingerprint density at radius 3 is 2.35 bits per heavy atom. The summed E-state index contributed by atoms with van der Waals surface area (Å²) in [5.41, 5.74) is 5.48. The van der Waals surface area contributed by atoms with E-state index >= 15 is 0 Å². The zero-order valence-electron chi connectivity index (χ0n) is 15.8. The first-order valence-electron chi connectivity index (χ1n) is 8.93. The van der Waals surface area contributed by atoms with Gasteiger partial charge in [0.25, 0.3) is 5.79 Å². The highest BCUT2D eigenvalue weighted by Gasteiger charge is 2.55. The van der Waals surface area contributed by atoms with Gasteiger partial charge in [0.2, 0.25) is 0 Å². The Morgan fingerprint density at radius 2 is 1.84 bits per heavy atom. The molecule has 16 nitrogen and oxygen atoms in total. The number of carbonyl (C=O) groups is 1. The summed E-state index contributed by atoms with van der Waals surface area (Å²) >= 11 is 0. The molecule has 182 valence electrons. The molecule has 2 aliphatic heterocycles. The van der Waals surface area contributed by atoms with Crippen LogP contribution in [0, 0.1) is 0 Å². The van der Waals surface area contributed by atoms with Gasteiger partial charge in [-0.3, -0.25) is 4.52 Å². The van der Waals surface area contributed by atoms with E-state index in [4.69, 9.17) is 34.8 Å². The molecule has 2 fully saturated rings. The van der Waals surface area contributed by atoms with E-state index in [1.807, 2.05) is 0 Å². The summed E-state index contributed by atoms with van der Waals surface area (Å²) < 4.78 is 31.0. The lowest BCUT2D eigenvalue weighted by Gasteiger charge is -2.45. The van der Waals surface area contributed by atoms with Crippen molar-refractivity contribution in [2.45, 2.75) is 67.3 Å². The smallest absolute Gasteiger partial charge is 0.470 e. The molecule has 17 heteroatoms. The molecule has 11 N–H and O–H groups in total. The number of nitrogens with two attached hydrogens (primary N) is 1. The maximum absolute atomic E-state index is 11.8. The molecule has 2 aliphatic rings. The summed E-state index contributed by atoms with van der Waals surface area (Å²) in [6.07, 6.45) is -15.3. The van der Waals surface area contributed by atoms with Gasteiger partial charge in [0, 0.05) is 6.42 Å². The second kappa shape index (κ2) is 9.98. The second-order valence-electron chi connectivity index (χ2n) is 7.16. The van der Waals surface area contributed by atoms with Gasteiger partial charge in [-0.05, 0) is 0 Å². The van der Waals surface area contributed by atoms with Crippen LogP contribution in [0.1, 0.15) is 6.42 Å².